The first-order valence-corrected chi connectivity index (χ1v) is 4.84. The first-order valence-electron chi connectivity index (χ1n) is 4.46. The molecule has 2 heterocycles. The molecule has 5 heteroatoms. The molecule has 0 aliphatic rings. The van der Waals surface area contributed by atoms with Gasteiger partial charge in [0.15, 0.2) is 6.29 Å². The van der Waals surface area contributed by atoms with Gasteiger partial charge in [0.2, 0.25) is 0 Å². The molecule has 4 nitrogen and oxygen atoms in total. The van der Waals surface area contributed by atoms with Crippen molar-refractivity contribution in [2.75, 3.05) is 0 Å². The molecule has 0 unspecified atom stereocenters. The third kappa shape index (κ3) is 2.55. The number of carbonyl (C=O) groups is 1. The average molecular weight is 235 g/mol. The molecule has 2 aromatic rings. The van der Waals surface area contributed by atoms with Gasteiger partial charge < -0.3 is 4.74 Å². The van der Waals surface area contributed by atoms with E-state index in [1.54, 1.807) is 12.1 Å². The summed E-state index contributed by atoms with van der Waals surface area (Å²) in [5.41, 5.74) is 0.451. The number of aldehydes is 1. The van der Waals surface area contributed by atoms with E-state index >= 15 is 0 Å². The van der Waals surface area contributed by atoms with Crippen LogP contribution in [0.15, 0.2) is 36.9 Å². The molecule has 80 valence electrons. The summed E-state index contributed by atoms with van der Waals surface area (Å²) in [6.07, 6.45) is 6.70. The zero-order valence-electron chi connectivity index (χ0n) is 8.13. The topological polar surface area (TPSA) is 52.1 Å². The van der Waals surface area contributed by atoms with Crippen molar-refractivity contribution in [3.8, 4) is 11.5 Å². The molecule has 0 saturated carbocycles. The van der Waals surface area contributed by atoms with Gasteiger partial charge in [0.05, 0.1) is 17.4 Å². The minimum atomic E-state index is 0.451. The first kappa shape index (κ1) is 10.6. The molecular formula is C11H7ClN2O2. The quantitative estimate of drug-likeness (QED) is 0.767. The van der Waals surface area contributed by atoms with E-state index in [0.717, 1.165) is 0 Å². The van der Waals surface area contributed by atoms with E-state index in [0.29, 0.717) is 28.4 Å². The fourth-order valence-electron chi connectivity index (χ4n) is 1.14. The Labute approximate surface area is 96.9 Å². The van der Waals surface area contributed by atoms with Gasteiger partial charge in [0, 0.05) is 24.0 Å². The normalized spacial score (nSPS) is 9.81. The van der Waals surface area contributed by atoms with Crippen LogP contribution in [0.5, 0.6) is 11.5 Å². The van der Waals surface area contributed by atoms with Gasteiger partial charge in [-0.1, -0.05) is 11.6 Å². The summed E-state index contributed by atoms with van der Waals surface area (Å²) in [7, 11) is 0. The van der Waals surface area contributed by atoms with Crippen LogP contribution >= 0.6 is 11.6 Å². The predicted molar refractivity (Wildman–Crippen MR) is 58.9 cm³/mol. The van der Waals surface area contributed by atoms with E-state index in [1.807, 2.05) is 0 Å². The number of rotatable bonds is 3. The highest BCUT2D eigenvalue weighted by Crippen LogP contribution is 2.22. The second kappa shape index (κ2) is 4.72. The van der Waals surface area contributed by atoms with Crippen molar-refractivity contribution in [3.63, 3.8) is 0 Å². The van der Waals surface area contributed by atoms with Gasteiger partial charge in [-0.2, -0.15) is 0 Å². The highest BCUT2D eigenvalue weighted by Gasteiger charge is 2.00. The number of carbonyl (C=O) groups excluding carboxylic acids is 1. The molecule has 0 N–H and O–H groups in total. The summed E-state index contributed by atoms with van der Waals surface area (Å²) in [5, 5.41) is 0.483. The highest BCUT2D eigenvalue weighted by molar-refractivity contribution is 6.30. The summed E-state index contributed by atoms with van der Waals surface area (Å²) >= 11 is 5.76. The molecular weight excluding hydrogens is 228 g/mol. The van der Waals surface area contributed by atoms with E-state index in [4.69, 9.17) is 16.3 Å². The summed E-state index contributed by atoms with van der Waals surface area (Å²) in [6, 6.07) is 3.21. The second-order valence-electron chi connectivity index (χ2n) is 3.01. The maximum absolute atomic E-state index is 10.5. The molecule has 16 heavy (non-hydrogen) atoms. The smallest absolute Gasteiger partial charge is 0.151 e. The Morgan fingerprint density at radius 2 is 1.75 bits per heavy atom. The summed E-state index contributed by atoms with van der Waals surface area (Å²) < 4.78 is 5.43. The molecule has 0 fully saturated rings. The zero-order valence-corrected chi connectivity index (χ0v) is 8.89. The summed E-state index contributed by atoms with van der Waals surface area (Å²) in [4.78, 5) is 18.3. The lowest BCUT2D eigenvalue weighted by Gasteiger charge is -2.04. The van der Waals surface area contributed by atoms with Crippen LogP contribution < -0.4 is 4.74 Å². The SMILES string of the molecule is O=Cc1cncc(Oc2cncc(Cl)c2)c1. The zero-order chi connectivity index (χ0) is 11.4. The van der Waals surface area contributed by atoms with Crippen molar-refractivity contribution in [2.24, 2.45) is 0 Å². The van der Waals surface area contributed by atoms with Crippen molar-refractivity contribution < 1.29 is 9.53 Å². The van der Waals surface area contributed by atoms with Gasteiger partial charge in [-0.25, -0.2) is 0 Å². The molecule has 2 rings (SSSR count). The third-order valence-corrected chi connectivity index (χ3v) is 1.99. The second-order valence-corrected chi connectivity index (χ2v) is 3.45. The van der Waals surface area contributed by atoms with Gasteiger partial charge in [-0.3, -0.25) is 14.8 Å². The first-order chi connectivity index (χ1) is 7.78. The number of nitrogens with zero attached hydrogens (tertiary/aromatic N) is 2. The Balaban J connectivity index is 2.23. The Morgan fingerprint density at radius 3 is 2.44 bits per heavy atom. The number of aromatic nitrogens is 2. The van der Waals surface area contributed by atoms with Gasteiger partial charge >= 0.3 is 0 Å². The Kier molecular flexibility index (Phi) is 3.12. The van der Waals surface area contributed by atoms with Crippen LogP contribution in [0.1, 0.15) is 10.4 Å². The van der Waals surface area contributed by atoms with Crippen LogP contribution in [0.25, 0.3) is 0 Å². The van der Waals surface area contributed by atoms with Crippen LogP contribution in [0.3, 0.4) is 0 Å². The molecule has 0 aliphatic carbocycles. The lowest BCUT2D eigenvalue weighted by Crippen LogP contribution is -1.88. The van der Waals surface area contributed by atoms with Crippen molar-refractivity contribution in [1.82, 2.24) is 9.97 Å². The third-order valence-electron chi connectivity index (χ3n) is 1.79. The number of ether oxygens (including phenoxy) is 1. The van der Waals surface area contributed by atoms with Crippen molar-refractivity contribution in [2.45, 2.75) is 0 Å². The molecule has 0 bridgehead atoms. The Hall–Kier alpha value is -1.94. The van der Waals surface area contributed by atoms with Crippen molar-refractivity contribution in [3.05, 3.63) is 47.5 Å². The molecule has 0 atom stereocenters. The van der Waals surface area contributed by atoms with Gasteiger partial charge in [0.1, 0.15) is 11.5 Å². The maximum atomic E-state index is 10.5. The summed E-state index contributed by atoms with van der Waals surface area (Å²) in [5.74, 6) is 0.964. The highest BCUT2D eigenvalue weighted by atomic mass is 35.5. The van der Waals surface area contributed by atoms with Crippen LogP contribution in [0.2, 0.25) is 5.02 Å². The standard InChI is InChI=1S/C11H7ClN2O2/c12-9-2-11(6-14-4-9)16-10-1-8(7-15)3-13-5-10/h1-7H. The number of pyridine rings is 2. The molecule has 0 radical (unpaired) electrons. The van der Waals surface area contributed by atoms with Crippen LogP contribution in [-0.2, 0) is 0 Å². The van der Waals surface area contributed by atoms with Crippen molar-refractivity contribution >= 4 is 17.9 Å². The monoisotopic (exact) mass is 234 g/mol. The molecule has 0 amide bonds. The molecule has 0 aromatic carbocycles. The largest absolute Gasteiger partial charge is 0.454 e. The van der Waals surface area contributed by atoms with Gasteiger partial charge in [0.25, 0.3) is 0 Å². The van der Waals surface area contributed by atoms with E-state index in [1.165, 1.54) is 24.8 Å². The lowest BCUT2D eigenvalue weighted by molar-refractivity contribution is 0.112. The van der Waals surface area contributed by atoms with E-state index in [9.17, 15) is 4.79 Å². The fourth-order valence-corrected chi connectivity index (χ4v) is 1.30. The number of hydrogen-bond donors (Lipinski definition) is 0. The molecule has 0 saturated heterocycles. The van der Waals surface area contributed by atoms with Gasteiger partial charge in [-0.05, 0) is 6.07 Å². The maximum Gasteiger partial charge on any atom is 0.151 e. The Bertz CT molecular complexity index is 517. The van der Waals surface area contributed by atoms with Crippen LogP contribution in [0, 0.1) is 0 Å². The average Bonchev–Trinajstić information content (AvgIpc) is 2.29. The Morgan fingerprint density at radius 1 is 1.06 bits per heavy atom. The van der Waals surface area contributed by atoms with Crippen LogP contribution in [-0.4, -0.2) is 16.3 Å². The fraction of sp³-hybridized carbons (Fsp3) is 0. The number of hydrogen-bond acceptors (Lipinski definition) is 4. The minimum absolute atomic E-state index is 0.451. The van der Waals surface area contributed by atoms with E-state index < -0.39 is 0 Å². The number of halogens is 1. The summed E-state index contributed by atoms with van der Waals surface area (Å²) in [6.45, 7) is 0. The molecule has 0 spiro atoms. The van der Waals surface area contributed by atoms with E-state index in [2.05, 4.69) is 9.97 Å². The van der Waals surface area contributed by atoms with E-state index in [-0.39, 0.29) is 0 Å². The molecule has 2 aromatic heterocycles. The van der Waals surface area contributed by atoms with Crippen LogP contribution in [0.4, 0.5) is 0 Å². The lowest BCUT2D eigenvalue weighted by atomic mass is 10.3. The van der Waals surface area contributed by atoms with Crippen molar-refractivity contribution in [1.29, 1.82) is 0 Å². The molecule has 0 aliphatic heterocycles. The predicted octanol–water partition coefficient (Wildman–Crippen LogP) is 2.73. The minimum Gasteiger partial charge on any atom is -0.454 e. The van der Waals surface area contributed by atoms with Gasteiger partial charge in [-0.15, -0.1) is 0 Å².